The van der Waals surface area contributed by atoms with Gasteiger partial charge in [0.05, 0.1) is 12.5 Å². The lowest BCUT2D eigenvalue weighted by molar-refractivity contribution is -0.133. The van der Waals surface area contributed by atoms with E-state index in [2.05, 4.69) is 0 Å². The first-order valence-electron chi connectivity index (χ1n) is 5.78. The van der Waals surface area contributed by atoms with Crippen molar-refractivity contribution in [3.8, 4) is 0 Å². The molecule has 2 N–H and O–H groups in total. The van der Waals surface area contributed by atoms with Gasteiger partial charge >= 0.3 is 0 Å². The van der Waals surface area contributed by atoms with Crippen LogP contribution in [0.4, 0.5) is 0 Å². The smallest absolute Gasteiger partial charge is 0.225 e. The first-order valence-corrected chi connectivity index (χ1v) is 5.78. The molecule has 0 aliphatic carbocycles. The Morgan fingerprint density at radius 1 is 1.31 bits per heavy atom. The molecular weight excluding hydrogens is 228 g/mol. The van der Waals surface area contributed by atoms with Gasteiger partial charge in [0.25, 0.3) is 0 Å². The van der Waals surface area contributed by atoms with Gasteiger partial charge in [0.1, 0.15) is 0 Å². The molecule has 1 atom stereocenters. The molecule has 1 amide bonds. The van der Waals surface area contributed by atoms with Crippen LogP contribution in [0.25, 0.3) is 0 Å². The number of carbonyl (C=O) groups is 1. The van der Waals surface area contributed by atoms with Gasteiger partial charge in [0.15, 0.2) is 0 Å². The summed E-state index contributed by atoms with van der Waals surface area (Å²) in [5.41, 5.74) is 5.50. The van der Waals surface area contributed by atoms with Gasteiger partial charge in [-0.2, -0.15) is 0 Å². The number of likely N-dealkylation sites (tertiary alicyclic amines) is 1. The van der Waals surface area contributed by atoms with E-state index in [1.165, 1.54) is 12.8 Å². The van der Waals surface area contributed by atoms with Crippen molar-refractivity contribution in [3.05, 3.63) is 0 Å². The van der Waals surface area contributed by atoms with E-state index >= 15 is 0 Å². The molecule has 0 spiro atoms. The molecule has 1 rings (SSSR count). The monoisotopic (exact) mass is 250 g/mol. The highest BCUT2D eigenvalue weighted by molar-refractivity contribution is 5.85. The summed E-state index contributed by atoms with van der Waals surface area (Å²) in [6.45, 7) is 2.22. The molecule has 0 aromatic carbocycles. The fourth-order valence-electron chi connectivity index (χ4n) is 1.91. The predicted octanol–water partition coefficient (Wildman–Crippen LogP) is 1.17. The van der Waals surface area contributed by atoms with E-state index in [0.717, 1.165) is 25.9 Å². The predicted molar refractivity (Wildman–Crippen MR) is 66.8 cm³/mol. The van der Waals surface area contributed by atoms with E-state index < -0.39 is 0 Å². The van der Waals surface area contributed by atoms with Gasteiger partial charge in [-0.3, -0.25) is 4.79 Å². The first kappa shape index (κ1) is 15.7. The molecule has 1 unspecified atom stereocenters. The lowest BCUT2D eigenvalue weighted by Crippen LogP contribution is -2.36. The summed E-state index contributed by atoms with van der Waals surface area (Å²) in [5.74, 6) is 0.189. The second kappa shape index (κ2) is 8.79. The third-order valence-corrected chi connectivity index (χ3v) is 2.96. The maximum atomic E-state index is 11.9. The molecule has 1 fully saturated rings. The molecule has 4 nitrogen and oxygen atoms in total. The third kappa shape index (κ3) is 5.14. The Kier molecular flexibility index (Phi) is 8.61. The van der Waals surface area contributed by atoms with E-state index in [1.807, 2.05) is 4.90 Å². The number of nitrogens with two attached hydrogens (primary N) is 1. The van der Waals surface area contributed by atoms with E-state index in [9.17, 15) is 4.79 Å². The van der Waals surface area contributed by atoms with Crippen LogP contribution >= 0.6 is 12.4 Å². The van der Waals surface area contributed by atoms with Gasteiger partial charge in [0, 0.05) is 26.7 Å². The molecule has 16 heavy (non-hydrogen) atoms. The second-order valence-corrected chi connectivity index (χ2v) is 4.09. The fraction of sp³-hybridized carbons (Fsp3) is 0.909. The summed E-state index contributed by atoms with van der Waals surface area (Å²) >= 11 is 0. The van der Waals surface area contributed by atoms with Gasteiger partial charge in [-0.1, -0.05) is 12.8 Å². The summed E-state index contributed by atoms with van der Waals surface area (Å²) in [4.78, 5) is 13.8. The zero-order valence-corrected chi connectivity index (χ0v) is 10.8. The van der Waals surface area contributed by atoms with Crippen molar-refractivity contribution in [2.75, 3.05) is 26.7 Å². The lowest BCUT2D eigenvalue weighted by Gasteiger charge is -2.22. The molecule has 0 radical (unpaired) electrons. The van der Waals surface area contributed by atoms with E-state index in [-0.39, 0.29) is 24.4 Å². The normalized spacial score (nSPS) is 18.5. The molecule has 1 saturated heterocycles. The summed E-state index contributed by atoms with van der Waals surface area (Å²) in [6, 6.07) is 0. The maximum absolute atomic E-state index is 11.9. The SMILES string of the molecule is COC(CN)CC(=O)N1CCCCCC1.Cl. The van der Waals surface area contributed by atoms with Crippen molar-refractivity contribution >= 4 is 18.3 Å². The number of rotatable bonds is 4. The maximum Gasteiger partial charge on any atom is 0.225 e. The van der Waals surface area contributed by atoms with Gasteiger partial charge in [-0.05, 0) is 12.8 Å². The topological polar surface area (TPSA) is 55.6 Å². The summed E-state index contributed by atoms with van der Waals surface area (Å²) < 4.78 is 5.12. The average molecular weight is 251 g/mol. The van der Waals surface area contributed by atoms with Crippen LogP contribution in [-0.4, -0.2) is 43.7 Å². The quantitative estimate of drug-likeness (QED) is 0.815. The van der Waals surface area contributed by atoms with E-state index in [1.54, 1.807) is 7.11 Å². The number of halogens is 1. The highest BCUT2D eigenvalue weighted by Gasteiger charge is 2.18. The number of methoxy groups -OCH3 is 1. The van der Waals surface area contributed by atoms with E-state index in [4.69, 9.17) is 10.5 Å². The Bertz CT molecular complexity index is 190. The number of ether oxygens (including phenoxy) is 1. The first-order chi connectivity index (χ1) is 7.27. The van der Waals surface area contributed by atoms with Crippen LogP contribution in [0.5, 0.6) is 0 Å². The highest BCUT2D eigenvalue weighted by Crippen LogP contribution is 2.11. The minimum atomic E-state index is -0.124. The summed E-state index contributed by atoms with van der Waals surface area (Å²) in [6.07, 6.45) is 5.05. The van der Waals surface area contributed by atoms with E-state index in [0.29, 0.717) is 13.0 Å². The zero-order chi connectivity index (χ0) is 11.1. The van der Waals surface area contributed by atoms with Crippen LogP contribution in [0.3, 0.4) is 0 Å². The second-order valence-electron chi connectivity index (χ2n) is 4.09. The molecule has 1 heterocycles. The number of amides is 1. The van der Waals surface area contributed by atoms with Gasteiger partial charge < -0.3 is 15.4 Å². The minimum absolute atomic E-state index is 0. The average Bonchev–Trinajstić information content (AvgIpc) is 2.54. The number of hydrogen-bond donors (Lipinski definition) is 1. The standard InChI is InChI=1S/C11H22N2O2.ClH/c1-15-10(9-12)8-11(14)13-6-4-2-3-5-7-13;/h10H,2-9,12H2,1H3;1H. The largest absolute Gasteiger partial charge is 0.380 e. The third-order valence-electron chi connectivity index (χ3n) is 2.96. The van der Waals surface area contributed by atoms with Crippen molar-refractivity contribution < 1.29 is 9.53 Å². The van der Waals surface area contributed by atoms with Crippen molar-refractivity contribution in [2.24, 2.45) is 5.73 Å². The highest BCUT2D eigenvalue weighted by atomic mass is 35.5. The van der Waals surface area contributed by atoms with Gasteiger partial charge in [-0.15, -0.1) is 12.4 Å². The minimum Gasteiger partial charge on any atom is -0.380 e. The Morgan fingerprint density at radius 3 is 2.31 bits per heavy atom. The molecule has 0 aromatic rings. The Hall–Kier alpha value is -0.320. The molecular formula is C11H23ClN2O2. The Balaban J connectivity index is 0.00000225. The van der Waals surface area contributed by atoms with Crippen LogP contribution in [-0.2, 0) is 9.53 Å². The Labute approximate surface area is 104 Å². The number of nitrogens with zero attached hydrogens (tertiary/aromatic N) is 1. The van der Waals surface area contributed by atoms with Crippen LogP contribution in [0.2, 0.25) is 0 Å². The fourth-order valence-corrected chi connectivity index (χ4v) is 1.91. The summed E-state index contributed by atoms with van der Waals surface area (Å²) in [7, 11) is 1.60. The zero-order valence-electron chi connectivity index (χ0n) is 9.98. The molecule has 0 aromatic heterocycles. The molecule has 5 heteroatoms. The molecule has 96 valence electrons. The van der Waals surface area contributed by atoms with Crippen LogP contribution in [0.1, 0.15) is 32.1 Å². The van der Waals surface area contributed by atoms with Crippen molar-refractivity contribution in [2.45, 2.75) is 38.2 Å². The number of carbonyl (C=O) groups excluding carboxylic acids is 1. The molecule has 1 aliphatic heterocycles. The molecule has 1 aliphatic rings. The van der Waals surface area contributed by atoms with Crippen LogP contribution in [0, 0.1) is 0 Å². The van der Waals surface area contributed by atoms with Crippen LogP contribution < -0.4 is 5.73 Å². The van der Waals surface area contributed by atoms with Crippen molar-refractivity contribution in [1.82, 2.24) is 4.90 Å². The van der Waals surface area contributed by atoms with Gasteiger partial charge in [0.2, 0.25) is 5.91 Å². The van der Waals surface area contributed by atoms with Crippen LogP contribution in [0.15, 0.2) is 0 Å². The molecule has 0 saturated carbocycles. The van der Waals surface area contributed by atoms with Gasteiger partial charge in [-0.25, -0.2) is 0 Å². The Morgan fingerprint density at radius 2 is 1.88 bits per heavy atom. The molecule has 0 bridgehead atoms. The lowest BCUT2D eigenvalue weighted by atomic mass is 10.2. The summed E-state index contributed by atoms with van der Waals surface area (Å²) in [5, 5.41) is 0. The number of hydrogen-bond acceptors (Lipinski definition) is 3. The van der Waals surface area contributed by atoms with Crippen molar-refractivity contribution in [1.29, 1.82) is 0 Å². The van der Waals surface area contributed by atoms with Crippen molar-refractivity contribution in [3.63, 3.8) is 0 Å².